The fourth-order valence-corrected chi connectivity index (χ4v) is 4.69. The van der Waals surface area contributed by atoms with Gasteiger partial charge in [0.1, 0.15) is 17.2 Å². The van der Waals surface area contributed by atoms with E-state index in [2.05, 4.69) is 69.2 Å². The Labute approximate surface area is 264 Å². The van der Waals surface area contributed by atoms with Crippen LogP contribution in [0.5, 0.6) is 17.2 Å². The number of methoxy groups -OCH3 is 2. The minimum Gasteiger partial charge on any atom is -0.497 e. The van der Waals surface area contributed by atoms with Gasteiger partial charge in [0.25, 0.3) is 0 Å². The molecule has 1 atom stereocenters. The van der Waals surface area contributed by atoms with Crippen molar-refractivity contribution >= 4 is 5.78 Å². The zero-order valence-corrected chi connectivity index (χ0v) is 29.6. The van der Waals surface area contributed by atoms with E-state index in [4.69, 9.17) is 14.2 Å². The standard InChI is InChI=1S/C32H51N3O4.2C2H6/c1-24-25(2)31(39-21-13-9-11-19-34(4)5)17-15-28(24)26(3)35(6)20-12-10-18-33-23-30(36)29-22-27(37-7)14-16-32(29)38-8;2*1-2/h14-17,22,26,33H,9-13,18-21,23H2,1-8H3;2*1-2H3. The molecule has 43 heavy (non-hydrogen) atoms. The molecule has 0 amide bonds. The largest absolute Gasteiger partial charge is 0.497 e. The summed E-state index contributed by atoms with van der Waals surface area (Å²) >= 11 is 0. The van der Waals surface area contributed by atoms with E-state index < -0.39 is 0 Å². The van der Waals surface area contributed by atoms with Crippen molar-refractivity contribution in [2.24, 2.45) is 0 Å². The van der Waals surface area contributed by atoms with Gasteiger partial charge in [0, 0.05) is 6.04 Å². The van der Waals surface area contributed by atoms with Crippen LogP contribution in [0.25, 0.3) is 0 Å². The summed E-state index contributed by atoms with van der Waals surface area (Å²) < 4.78 is 16.7. The molecule has 246 valence electrons. The Morgan fingerprint density at radius 3 is 2.09 bits per heavy atom. The van der Waals surface area contributed by atoms with Crippen molar-refractivity contribution in [1.82, 2.24) is 15.1 Å². The molecule has 0 aliphatic carbocycles. The molecule has 0 aliphatic rings. The minimum atomic E-state index is -0.000844. The van der Waals surface area contributed by atoms with Crippen molar-refractivity contribution in [3.63, 3.8) is 0 Å². The number of ketones is 1. The maximum absolute atomic E-state index is 12.7. The second-order valence-electron chi connectivity index (χ2n) is 10.6. The lowest BCUT2D eigenvalue weighted by Gasteiger charge is -2.27. The van der Waals surface area contributed by atoms with Gasteiger partial charge in [0.2, 0.25) is 0 Å². The highest BCUT2D eigenvalue weighted by atomic mass is 16.5. The maximum atomic E-state index is 12.7. The van der Waals surface area contributed by atoms with Crippen LogP contribution in [0.15, 0.2) is 30.3 Å². The van der Waals surface area contributed by atoms with Gasteiger partial charge in [-0.15, -0.1) is 0 Å². The lowest BCUT2D eigenvalue weighted by atomic mass is 9.96. The van der Waals surface area contributed by atoms with E-state index in [-0.39, 0.29) is 12.3 Å². The van der Waals surface area contributed by atoms with Crippen LogP contribution in [0, 0.1) is 13.8 Å². The molecule has 0 spiro atoms. The van der Waals surface area contributed by atoms with Crippen LogP contribution in [0.2, 0.25) is 0 Å². The zero-order valence-electron chi connectivity index (χ0n) is 29.6. The van der Waals surface area contributed by atoms with Crippen molar-refractivity contribution in [2.45, 2.75) is 86.6 Å². The molecule has 0 heterocycles. The molecule has 2 rings (SSSR count). The number of nitrogens with one attached hydrogen (secondary N) is 1. The summed E-state index contributed by atoms with van der Waals surface area (Å²) in [6.45, 7) is 18.6. The molecule has 0 aromatic heterocycles. The number of rotatable bonds is 19. The third-order valence-corrected chi connectivity index (χ3v) is 7.50. The van der Waals surface area contributed by atoms with Gasteiger partial charge in [-0.25, -0.2) is 0 Å². The van der Waals surface area contributed by atoms with E-state index in [9.17, 15) is 4.79 Å². The maximum Gasteiger partial charge on any atom is 0.180 e. The predicted molar refractivity (Wildman–Crippen MR) is 184 cm³/mol. The Hall–Kier alpha value is -2.61. The highest BCUT2D eigenvalue weighted by Gasteiger charge is 2.17. The summed E-state index contributed by atoms with van der Waals surface area (Å²) in [6.07, 6.45) is 5.55. The third-order valence-electron chi connectivity index (χ3n) is 7.50. The summed E-state index contributed by atoms with van der Waals surface area (Å²) in [4.78, 5) is 17.3. The van der Waals surface area contributed by atoms with E-state index in [1.54, 1.807) is 32.4 Å². The molecule has 1 unspecified atom stereocenters. The summed E-state index contributed by atoms with van der Waals surface area (Å²) in [5, 5.41) is 3.28. The average Bonchev–Trinajstić information content (AvgIpc) is 3.03. The van der Waals surface area contributed by atoms with Gasteiger partial charge in [0.15, 0.2) is 5.78 Å². The van der Waals surface area contributed by atoms with E-state index in [1.807, 2.05) is 27.7 Å². The molecule has 0 saturated carbocycles. The lowest BCUT2D eigenvalue weighted by Crippen LogP contribution is -2.27. The van der Waals surface area contributed by atoms with Crippen molar-refractivity contribution in [3.05, 3.63) is 52.6 Å². The van der Waals surface area contributed by atoms with Crippen LogP contribution >= 0.6 is 0 Å². The molecule has 0 saturated heterocycles. The van der Waals surface area contributed by atoms with E-state index in [1.165, 1.54) is 29.5 Å². The Morgan fingerprint density at radius 1 is 0.814 bits per heavy atom. The first kappa shape index (κ1) is 40.4. The van der Waals surface area contributed by atoms with Crippen LogP contribution in [-0.4, -0.2) is 83.7 Å². The number of Topliss-reactive ketones (excluding diaryl/α,β-unsaturated/α-hetero) is 1. The van der Waals surface area contributed by atoms with Gasteiger partial charge in [-0.05, 0) is 135 Å². The molecule has 2 aromatic rings. The van der Waals surface area contributed by atoms with Gasteiger partial charge >= 0.3 is 0 Å². The van der Waals surface area contributed by atoms with Gasteiger partial charge in [0.05, 0.1) is 32.9 Å². The second kappa shape index (κ2) is 23.8. The smallest absolute Gasteiger partial charge is 0.180 e. The number of ether oxygens (including phenoxy) is 3. The van der Waals surface area contributed by atoms with Gasteiger partial charge in [-0.1, -0.05) is 33.8 Å². The number of benzene rings is 2. The number of carbonyl (C=O) groups is 1. The first-order valence-corrected chi connectivity index (χ1v) is 16.2. The number of hydrogen-bond acceptors (Lipinski definition) is 7. The predicted octanol–water partition coefficient (Wildman–Crippen LogP) is 7.73. The molecule has 0 radical (unpaired) electrons. The highest BCUT2D eigenvalue weighted by Crippen LogP contribution is 2.30. The van der Waals surface area contributed by atoms with Crippen LogP contribution in [-0.2, 0) is 0 Å². The van der Waals surface area contributed by atoms with E-state index in [0.29, 0.717) is 23.1 Å². The summed E-state index contributed by atoms with van der Waals surface area (Å²) in [7, 11) is 9.59. The van der Waals surface area contributed by atoms with Crippen LogP contribution in [0.4, 0.5) is 0 Å². The minimum absolute atomic E-state index is 0.000844. The molecule has 7 nitrogen and oxygen atoms in total. The van der Waals surface area contributed by atoms with Crippen molar-refractivity contribution < 1.29 is 19.0 Å². The molecule has 0 bridgehead atoms. The number of nitrogens with zero attached hydrogens (tertiary/aromatic N) is 2. The monoisotopic (exact) mass is 601 g/mol. The zero-order chi connectivity index (χ0) is 32.8. The first-order valence-electron chi connectivity index (χ1n) is 16.2. The van der Waals surface area contributed by atoms with E-state index >= 15 is 0 Å². The fourth-order valence-electron chi connectivity index (χ4n) is 4.69. The second-order valence-corrected chi connectivity index (χ2v) is 10.6. The average molecular weight is 602 g/mol. The first-order chi connectivity index (χ1) is 20.7. The summed E-state index contributed by atoms with van der Waals surface area (Å²) in [6, 6.07) is 9.97. The Kier molecular flexibility index (Phi) is 22.4. The molecule has 0 fully saturated rings. The SMILES string of the molecule is CC.CC.COc1ccc(OC)c(C(=O)CNCCCCN(C)C(C)c2ccc(OCCCCCN(C)C)c(C)c2C)c1. The summed E-state index contributed by atoms with van der Waals surface area (Å²) in [5.74, 6) is 2.22. The van der Waals surface area contributed by atoms with Crippen LogP contribution in [0.3, 0.4) is 0 Å². The number of carbonyl (C=O) groups excluding carboxylic acids is 1. The van der Waals surface area contributed by atoms with Gasteiger partial charge in [-0.3, -0.25) is 9.69 Å². The molecular weight excluding hydrogens is 538 g/mol. The summed E-state index contributed by atoms with van der Waals surface area (Å²) in [5.41, 5.74) is 4.44. The normalized spacial score (nSPS) is 11.3. The van der Waals surface area contributed by atoms with E-state index in [0.717, 1.165) is 51.3 Å². The fraction of sp³-hybridized carbons (Fsp3) is 0.639. The topological polar surface area (TPSA) is 63.3 Å². The van der Waals surface area contributed by atoms with Crippen LogP contribution in [0.1, 0.15) is 99.8 Å². The Bertz CT molecular complexity index is 1030. The van der Waals surface area contributed by atoms with Crippen LogP contribution < -0.4 is 19.5 Å². The molecule has 0 aliphatic heterocycles. The number of hydrogen-bond donors (Lipinski definition) is 1. The number of unbranched alkanes of at least 4 members (excludes halogenated alkanes) is 3. The van der Waals surface area contributed by atoms with Crippen molar-refractivity contribution in [3.8, 4) is 17.2 Å². The molecule has 7 heteroatoms. The Morgan fingerprint density at radius 2 is 1.47 bits per heavy atom. The van der Waals surface area contributed by atoms with Crippen molar-refractivity contribution in [2.75, 3.05) is 68.1 Å². The quantitative estimate of drug-likeness (QED) is 0.131. The molecular formula is C36H63N3O4. The lowest BCUT2D eigenvalue weighted by molar-refractivity contribution is 0.0987. The van der Waals surface area contributed by atoms with Gasteiger partial charge in [-0.2, -0.15) is 0 Å². The molecule has 1 N–H and O–H groups in total. The van der Waals surface area contributed by atoms with Gasteiger partial charge < -0.3 is 24.4 Å². The Balaban J connectivity index is 0.00000422. The van der Waals surface area contributed by atoms with Crippen molar-refractivity contribution in [1.29, 1.82) is 0 Å². The highest BCUT2D eigenvalue weighted by molar-refractivity contribution is 6.00. The third kappa shape index (κ3) is 14.6. The molecule has 2 aromatic carbocycles.